The molecule has 1 aliphatic rings. The van der Waals surface area contributed by atoms with Gasteiger partial charge in [-0.3, -0.25) is 4.79 Å². The average molecular weight is 312 g/mol. The first-order chi connectivity index (χ1) is 10.7. The number of hydrogen-bond acceptors (Lipinski definition) is 1. The van der Waals surface area contributed by atoms with Crippen molar-refractivity contribution in [2.75, 3.05) is 11.4 Å². The number of carbonyl (C=O) groups is 1. The number of anilines is 1. The molecule has 0 saturated carbocycles. The van der Waals surface area contributed by atoms with Crippen molar-refractivity contribution in [3.05, 3.63) is 70.8 Å². The molecule has 2 aromatic carbocycles. The first kappa shape index (κ1) is 14.9. The van der Waals surface area contributed by atoms with Gasteiger partial charge < -0.3 is 4.90 Å². The molecule has 3 rings (SSSR count). The minimum absolute atomic E-state index is 0.111. The topological polar surface area (TPSA) is 20.3 Å². The normalized spacial score (nSPS) is 15.5. The molecule has 0 N–H and O–H groups in total. The first-order valence-corrected chi connectivity index (χ1v) is 7.94. The zero-order valence-electron chi connectivity index (χ0n) is 12.6. The summed E-state index contributed by atoms with van der Waals surface area (Å²) >= 11 is 5.89. The highest BCUT2D eigenvalue weighted by atomic mass is 35.5. The molecule has 1 amide bonds. The van der Waals surface area contributed by atoms with Gasteiger partial charge in [0.15, 0.2) is 0 Å². The van der Waals surface area contributed by atoms with Gasteiger partial charge in [-0.1, -0.05) is 48.0 Å². The van der Waals surface area contributed by atoms with Gasteiger partial charge in [0.1, 0.15) is 0 Å². The highest BCUT2D eigenvalue weighted by molar-refractivity contribution is 6.32. The van der Waals surface area contributed by atoms with Crippen molar-refractivity contribution < 1.29 is 4.79 Å². The van der Waals surface area contributed by atoms with Crippen LogP contribution in [0.4, 0.5) is 5.69 Å². The van der Waals surface area contributed by atoms with Crippen molar-refractivity contribution in [1.82, 2.24) is 0 Å². The fourth-order valence-electron chi connectivity index (χ4n) is 2.85. The van der Waals surface area contributed by atoms with Gasteiger partial charge >= 0.3 is 0 Å². The fraction of sp³-hybridized carbons (Fsp3) is 0.211. The Kier molecular flexibility index (Phi) is 4.30. The second-order valence-electron chi connectivity index (χ2n) is 5.35. The molecular formula is C19H18ClNO. The van der Waals surface area contributed by atoms with Crippen LogP contribution in [0, 0.1) is 0 Å². The van der Waals surface area contributed by atoms with Crippen LogP contribution in [0.1, 0.15) is 24.5 Å². The van der Waals surface area contributed by atoms with Crippen LogP contribution in [0.15, 0.2) is 54.6 Å². The first-order valence-electron chi connectivity index (χ1n) is 7.56. The summed E-state index contributed by atoms with van der Waals surface area (Å²) in [4.78, 5) is 14.4. The van der Waals surface area contributed by atoms with Gasteiger partial charge in [0.25, 0.3) is 5.91 Å². The summed E-state index contributed by atoms with van der Waals surface area (Å²) in [7, 11) is 0. The zero-order valence-corrected chi connectivity index (χ0v) is 13.3. The second-order valence-corrected chi connectivity index (χ2v) is 5.79. The number of halogens is 1. The van der Waals surface area contributed by atoms with E-state index in [0.29, 0.717) is 6.54 Å². The highest BCUT2D eigenvalue weighted by Crippen LogP contribution is 2.36. The predicted octanol–water partition coefficient (Wildman–Crippen LogP) is 4.72. The second kappa shape index (κ2) is 6.37. The molecule has 0 unspecified atom stereocenters. The lowest BCUT2D eigenvalue weighted by Gasteiger charge is -2.13. The Morgan fingerprint density at radius 3 is 2.55 bits per heavy atom. The summed E-state index contributed by atoms with van der Waals surface area (Å²) in [5, 5.41) is 0.751. The third-order valence-electron chi connectivity index (χ3n) is 3.97. The molecule has 2 aromatic rings. The minimum Gasteiger partial charge on any atom is -0.308 e. The van der Waals surface area contributed by atoms with Crippen molar-refractivity contribution in [2.24, 2.45) is 0 Å². The van der Waals surface area contributed by atoms with E-state index in [4.69, 9.17) is 11.6 Å². The molecule has 0 fully saturated rings. The summed E-state index contributed by atoms with van der Waals surface area (Å²) in [6.07, 6.45) is 3.81. The predicted molar refractivity (Wildman–Crippen MR) is 92.2 cm³/mol. The standard InChI is InChI=1S/C19H18ClNO/c1-2-21-18-9-4-3-7-16(18)17(19(21)22)8-5-6-14-10-12-15(20)13-11-14/h3-4,7-13H,2,5-6H2,1H3/b17-8+. The molecule has 0 bridgehead atoms. The number of para-hydroxylation sites is 1. The van der Waals surface area contributed by atoms with Crippen LogP contribution in [0.2, 0.25) is 5.02 Å². The molecule has 0 aliphatic carbocycles. The van der Waals surface area contributed by atoms with Crippen molar-refractivity contribution in [3.8, 4) is 0 Å². The van der Waals surface area contributed by atoms with E-state index in [9.17, 15) is 4.79 Å². The molecule has 0 radical (unpaired) electrons. The van der Waals surface area contributed by atoms with Gasteiger partial charge in [-0.2, -0.15) is 0 Å². The largest absolute Gasteiger partial charge is 0.308 e. The Morgan fingerprint density at radius 2 is 1.82 bits per heavy atom. The maximum atomic E-state index is 12.5. The molecule has 3 heteroatoms. The summed E-state index contributed by atoms with van der Waals surface area (Å²) in [6, 6.07) is 15.9. The third kappa shape index (κ3) is 2.79. The maximum Gasteiger partial charge on any atom is 0.258 e. The van der Waals surface area contributed by atoms with Gasteiger partial charge in [0, 0.05) is 22.7 Å². The lowest BCUT2D eigenvalue weighted by molar-refractivity contribution is -0.112. The summed E-state index contributed by atoms with van der Waals surface area (Å²) in [6.45, 7) is 2.70. The quantitative estimate of drug-likeness (QED) is 0.748. The number of amides is 1. The van der Waals surface area contributed by atoms with E-state index in [-0.39, 0.29) is 5.91 Å². The number of aryl methyl sites for hydroxylation is 1. The molecule has 112 valence electrons. The Morgan fingerprint density at radius 1 is 1.09 bits per heavy atom. The van der Waals surface area contributed by atoms with Crippen molar-refractivity contribution >= 4 is 28.8 Å². The number of carbonyl (C=O) groups excluding carboxylic acids is 1. The smallest absolute Gasteiger partial charge is 0.258 e. The number of rotatable bonds is 4. The molecule has 0 saturated heterocycles. The number of hydrogen-bond donors (Lipinski definition) is 0. The fourth-order valence-corrected chi connectivity index (χ4v) is 2.98. The van der Waals surface area contributed by atoms with Crippen LogP contribution >= 0.6 is 11.6 Å². The van der Waals surface area contributed by atoms with Gasteiger partial charge in [-0.15, -0.1) is 0 Å². The number of fused-ring (bicyclic) bond motifs is 1. The van der Waals surface area contributed by atoms with Crippen molar-refractivity contribution in [1.29, 1.82) is 0 Å². The van der Waals surface area contributed by atoms with E-state index in [0.717, 1.165) is 34.7 Å². The lowest BCUT2D eigenvalue weighted by atomic mass is 10.0. The van der Waals surface area contributed by atoms with Crippen LogP contribution in [-0.4, -0.2) is 12.5 Å². The number of likely N-dealkylation sites (N-methyl/N-ethyl adjacent to an activating group) is 1. The third-order valence-corrected chi connectivity index (χ3v) is 4.22. The molecule has 0 atom stereocenters. The number of allylic oxidation sites excluding steroid dienone is 1. The Labute approximate surface area is 136 Å². The van der Waals surface area contributed by atoms with E-state index in [1.165, 1.54) is 5.56 Å². The lowest BCUT2D eigenvalue weighted by Crippen LogP contribution is -2.25. The van der Waals surface area contributed by atoms with E-state index < -0.39 is 0 Å². The van der Waals surface area contributed by atoms with E-state index in [2.05, 4.69) is 6.08 Å². The van der Waals surface area contributed by atoms with Crippen molar-refractivity contribution in [3.63, 3.8) is 0 Å². The zero-order chi connectivity index (χ0) is 15.5. The van der Waals surface area contributed by atoms with Crippen LogP contribution in [0.25, 0.3) is 5.57 Å². The van der Waals surface area contributed by atoms with Gasteiger partial charge in [-0.05, 0) is 43.5 Å². The van der Waals surface area contributed by atoms with Crippen LogP contribution in [-0.2, 0) is 11.2 Å². The van der Waals surface area contributed by atoms with E-state index in [1.54, 1.807) is 0 Å². The Balaban J connectivity index is 1.79. The molecule has 22 heavy (non-hydrogen) atoms. The monoisotopic (exact) mass is 311 g/mol. The summed E-state index contributed by atoms with van der Waals surface area (Å²) in [5.74, 6) is 0.111. The van der Waals surface area contributed by atoms with E-state index >= 15 is 0 Å². The van der Waals surface area contributed by atoms with Crippen LogP contribution in [0.3, 0.4) is 0 Å². The van der Waals surface area contributed by atoms with Crippen LogP contribution in [0.5, 0.6) is 0 Å². The van der Waals surface area contributed by atoms with Crippen molar-refractivity contribution in [2.45, 2.75) is 19.8 Å². The number of nitrogens with zero attached hydrogens (tertiary/aromatic N) is 1. The average Bonchev–Trinajstić information content (AvgIpc) is 2.81. The summed E-state index contributed by atoms with van der Waals surface area (Å²) in [5.41, 5.74) is 4.12. The Hall–Kier alpha value is -2.06. The molecule has 2 nitrogen and oxygen atoms in total. The van der Waals surface area contributed by atoms with Crippen LogP contribution < -0.4 is 4.90 Å². The molecule has 0 spiro atoms. The Bertz CT molecular complexity index is 718. The number of benzene rings is 2. The summed E-state index contributed by atoms with van der Waals surface area (Å²) < 4.78 is 0. The van der Waals surface area contributed by atoms with Gasteiger partial charge in [0.05, 0.1) is 5.69 Å². The molecule has 1 aliphatic heterocycles. The van der Waals surface area contributed by atoms with Gasteiger partial charge in [-0.25, -0.2) is 0 Å². The minimum atomic E-state index is 0.111. The van der Waals surface area contributed by atoms with Gasteiger partial charge in [0.2, 0.25) is 0 Å². The maximum absolute atomic E-state index is 12.5. The SMILES string of the molecule is CCN1C(=O)/C(=C/CCc2ccc(Cl)cc2)c2ccccc21. The molecular weight excluding hydrogens is 294 g/mol. The molecule has 0 aromatic heterocycles. The molecule has 1 heterocycles. The van der Waals surface area contributed by atoms with E-state index in [1.807, 2.05) is 60.4 Å². The highest BCUT2D eigenvalue weighted by Gasteiger charge is 2.30.